The van der Waals surface area contributed by atoms with Crippen molar-refractivity contribution in [3.63, 3.8) is 0 Å². The van der Waals surface area contributed by atoms with E-state index in [2.05, 4.69) is 37.0 Å². The van der Waals surface area contributed by atoms with Gasteiger partial charge in [-0.2, -0.15) is 8.78 Å². The van der Waals surface area contributed by atoms with Gasteiger partial charge in [-0.15, -0.1) is 35.3 Å². The second kappa shape index (κ2) is 10.8. The molecule has 0 aliphatic heterocycles. The lowest BCUT2D eigenvalue weighted by Gasteiger charge is -2.10. The van der Waals surface area contributed by atoms with Crippen molar-refractivity contribution < 1.29 is 13.5 Å². The van der Waals surface area contributed by atoms with E-state index in [0.717, 1.165) is 10.9 Å². The van der Waals surface area contributed by atoms with E-state index in [1.807, 2.05) is 11.4 Å². The summed E-state index contributed by atoms with van der Waals surface area (Å²) < 4.78 is 30.0. The number of hydrogen-bond acceptors (Lipinski definition) is 3. The fourth-order valence-electron chi connectivity index (χ4n) is 1.88. The third-order valence-electron chi connectivity index (χ3n) is 2.92. The Morgan fingerprint density at radius 2 is 2.17 bits per heavy atom. The highest BCUT2D eigenvalue weighted by molar-refractivity contribution is 14.0. The second-order valence-corrected chi connectivity index (χ2v) is 6.54. The summed E-state index contributed by atoms with van der Waals surface area (Å²) in [4.78, 5) is 5.42. The van der Waals surface area contributed by atoms with Crippen molar-refractivity contribution >= 4 is 57.2 Å². The molecule has 3 N–H and O–H groups in total. The summed E-state index contributed by atoms with van der Waals surface area (Å²) in [5.41, 5.74) is 6.32. The molecule has 0 saturated heterocycles. The van der Waals surface area contributed by atoms with Gasteiger partial charge in [0.05, 0.1) is 6.54 Å². The van der Waals surface area contributed by atoms with Crippen LogP contribution in [0.2, 0.25) is 0 Å². The fourth-order valence-corrected chi connectivity index (χ4v) is 2.99. The van der Waals surface area contributed by atoms with Crippen molar-refractivity contribution in [1.82, 2.24) is 5.32 Å². The number of nitrogens with one attached hydrogen (secondary N) is 1. The molecular formula is C15H17BrF2IN3OS. The Balaban J connectivity index is 0.00000288. The van der Waals surface area contributed by atoms with Gasteiger partial charge in [0.25, 0.3) is 0 Å². The normalized spacial score (nSPS) is 11.2. The average molecular weight is 532 g/mol. The number of hydrogen-bond donors (Lipinski definition) is 2. The number of ether oxygens (including phenoxy) is 1. The molecule has 0 unspecified atom stereocenters. The maximum absolute atomic E-state index is 12.4. The van der Waals surface area contributed by atoms with Gasteiger partial charge in [-0.05, 0) is 36.1 Å². The van der Waals surface area contributed by atoms with E-state index in [1.54, 1.807) is 23.5 Å². The second-order valence-electron chi connectivity index (χ2n) is 4.59. The third-order valence-corrected chi connectivity index (χ3v) is 4.35. The lowest BCUT2D eigenvalue weighted by molar-refractivity contribution is -0.0504. The molecule has 0 fully saturated rings. The highest BCUT2D eigenvalue weighted by Gasteiger charge is 2.10. The molecule has 0 amide bonds. The van der Waals surface area contributed by atoms with E-state index in [4.69, 9.17) is 5.73 Å². The minimum absolute atomic E-state index is 0. The first-order valence-electron chi connectivity index (χ1n) is 6.84. The molecule has 0 atom stereocenters. The van der Waals surface area contributed by atoms with E-state index < -0.39 is 6.61 Å². The summed E-state index contributed by atoms with van der Waals surface area (Å²) in [6, 6.07) is 8.83. The van der Waals surface area contributed by atoms with E-state index in [1.165, 1.54) is 10.9 Å². The standard InChI is InChI=1S/C15H16BrF2N3OS.HI/c16-11-3-4-13(22-14(17)18)10(8-11)9-21-15(19)20-6-5-12-2-1-7-23-12;/h1-4,7-8,14H,5-6,9H2,(H3,19,20,21);1H. The van der Waals surface area contributed by atoms with Gasteiger partial charge in [0.1, 0.15) is 5.75 Å². The molecule has 0 saturated carbocycles. The number of thiophene rings is 1. The first kappa shape index (κ1) is 21.1. The van der Waals surface area contributed by atoms with Crippen LogP contribution in [0.4, 0.5) is 8.78 Å². The molecule has 2 rings (SSSR count). The Bertz CT molecular complexity index is 656. The van der Waals surface area contributed by atoms with Crippen LogP contribution in [0.25, 0.3) is 0 Å². The number of nitrogens with two attached hydrogens (primary N) is 1. The van der Waals surface area contributed by atoms with Gasteiger partial charge in [0.15, 0.2) is 5.96 Å². The molecule has 132 valence electrons. The minimum Gasteiger partial charge on any atom is -0.434 e. The van der Waals surface area contributed by atoms with Gasteiger partial charge < -0.3 is 15.8 Å². The van der Waals surface area contributed by atoms with Gasteiger partial charge in [-0.25, -0.2) is 4.99 Å². The van der Waals surface area contributed by atoms with Crippen LogP contribution in [0.1, 0.15) is 10.4 Å². The molecule has 1 aromatic carbocycles. The highest BCUT2D eigenvalue weighted by Crippen LogP contribution is 2.25. The highest BCUT2D eigenvalue weighted by atomic mass is 127. The topological polar surface area (TPSA) is 59.6 Å². The third kappa shape index (κ3) is 7.31. The summed E-state index contributed by atoms with van der Waals surface area (Å²) in [5.74, 6) is 0.364. The fraction of sp³-hybridized carbons (Fsp3) is 0.267. The molecule has 1 heterocycles. The molecule has 0 aliphatic rings. The zero-order valence-corrected chi connectivity index (χ0v) is 17.3. The SMILES string of the molecule is I.NC(=NCc1cc(Br)ccc1OC(F)F)NCCc1cccs1. The van der Waals surface area contributed by atoms with Gasteiger partial charge in [0, 0.05) is 21.5 Å². The van der Waals surface area contributed by atoms with E-state index in [9.17, 15) is 8.78 Å². The van der Waals surface area contributed by atoms with E-state index in [-0.39, 0.29) is 42.2 Å². The Labute approximate surface area is 168 Å². The molecular weight excluding hydrogens is 515 g/mol. The summed E-state index contributed by atoms with van der Waals surface area (Å²) in [7, 11) is 0. The monoisotopic (exact) mass is 531 g/mol. The van der Waals surface area contributed by atoms with Crippen LogP contribution in [-0.4, -0.2) is 19.1 Å². The van der Waals surface area contributed by atoms with E-state index in [0.29, 0.717) is 12.1 Å². The van der Waals surface area contributed by atoms with Gasteiger partial charge in [0.2, 0.25) is 0 Å². The van der Waals surface area contributed by atoms with Crippen LogP contribution < -0.4 is 15.8 Å². The number of nitrogens with zero attached hydrogens (tertiary/aromatic N) is 1. The summed E-state index contributed by atoms with van der Waals surface area (Å²) >= 11 is 4.98. The predicted molar refractivity (Wildman–Crippen MR) is 108 cm³/mol. The quantitative estimate of drug-likeness (QED) is 0.317. The van der Waals surface area contributed by atoms with Gasteiger partial charge in [-0.1, -0.05) is 22.0 Å². The minimum atomic E-state index is -2.87. The number of alkyl halides is 2. The van der Waals surface area contributed by atoms with Crippen molar-refractivity contribution in [2.75, 3.05) is 6.54 Å². The molecule has 9 heteroatoms. The molecule has 1 aromatic heterocycles. The number of halogens is 4. The average Bonchev–Trinajstić information content (AvgIpc) is 3.00. The summed E-state index contributed by atoms with van der Waals surface area (Å²) in [6.07, 6.45) is 0.852. The first-order chi connectivity index (χ1) is 11.0. The van der Waals surface area contributed by atoms with Crippen molar-refractivity contribution in [3.8, 4) is 5.75 Å². The van der Waals surface area contributed by atoms with Crippen LogP contribution in [0.3, 0.4) is 0 Å². The maximum Gasteiger partial charge on any atom is 0.387 e. The van der Waals surface area contributed by atoms with E-state index >= 15 is 0 Å². The maximum atomic E-state index is 12.4. The largest absolute Gasteiger partial charge is 0.434 e. The summed E-state index contributed by atoms with van der Waals surface area (Å²) in [6.45, 7) is -2.06. The van der Waals surface area contributed by atoms with Crippen molar-refractivity contribution in [2.24, 2.45) is 10.7 Å². The molecule has 0 radical (unpaired) electrons. The van der Waals surface area contributed by atoms with Gasteiger partial charge >= 0.3 is 6.61 Å². The zero-order valence-electron chi connectivity index (χ0n) is 12.5. The Morgan fingerprint density at radius 1 is 1.38 bits per heavy atom. The Morgan fingerprint density at radius 3 is 2.83 bits per heavy atom. The molecule has 0 aliphatic carbocycles. The lowest BCUT2D eigenvalue weighted by Crippen LogP contribution is -2.33. The predicted octanol–water partition coefficient (Wildman–Crippen LogP) is 4.38. The smallest absolute Gasteiger partial charge is 0.387 e. The van der Waals surface area contributed by atoms with Gasteiger partial charge in [-0.3, -0.25) is 0 Å². The zero-order chi connectivity index (χ0) is 16.7. The number of aliphatic imine (C=N–C) groups is 1. The molecule has 2 aromatic rings. The number of guanidine groups is 1. The van der Waals surface area contributed by atoms with Crippen LogP contribution in [0.5, 0.6) is 5.75 Å². The molecule has 4 nitrogen and oxygen atoms in total. The van der Waals surface area contributed by atoms with Crippen molar-refractivity contribution in [3.05, 3.63) is 50.6 Å². The molecule has 0 spiro atoms. The molecule has 0 bridgehead atoms. The Hall–Kier alpha value is -0.940. The summed E-state index contributed by atoms with van der Waals surface area (Å²) in [5, 5.41) is 5.02. The number of benzene rings is 1. The first-order valence-corrected chi connectivity index (χ1v) is 8.51. The van der Waals surface area contributed by atoms with Crippen molar-refractivity contribution in [1.29, 1.82) is 0 Å². The van der Waals surface area contributed by atoms with Crippen LogP contribution in [-0.2, 0) is 13.0 Å². The number of rotatable bonds is 7. The van der Waals surface area contributed by atoms with Crippen LogP contribution >= 0.6 is 51.2 Å². The van der Waals surface area contributed by atoms with Crippen molar-refractivity contribution in [2.45, 2.75) is 19.6 Å². The lowest BCUT2D eigenvalue weighted by atomic mass is 10.2. The molecule has 24 heavy (non-hydrogen) atoms. The van der Waals surface area contributed by atoms with Crippen LogP contribution in [0, 0.1) is 0 Å². The van der Waals surface area contributed by atoms with Crippen LogP contribution in [0.15, 0.2) is 45.2 Å². The Kier molecular flexibility index (Phi) is 9.52.